The lowest BCUT2D eigenvalue weighted by atomic mass is 10.2. The number of rotatable bonds is 8. The van der Waals surface area contributed by atoms with Crippen LogP contribution < -0.4 is 15.5 Å². The van der Waals surface area contributed by atoms with Crippen molar-refractivity contribution >= 4 is 53.3 Å². The van der Waals surface area contributed by atoms with Gasteiger partial charge in [-0.25, -0.2) is 9.98 Å². The van der Waals surface area contributed by atoms with Crippen LogP contribution in [0.4, 0.5) is 5.82 Å². The molecule has 0 saturated carbocycles. The first-order valence-electron chi connectivity index (χ1n) is 10.8. The maximum atomic E-state index is 12.7. The molecule has 0 spiro atoms. The Labute approximate surface area is 212 Å². The molecule has 2 N–H and O–H groups in total. The summed E-state index contributed by atoms with van der Waals surface area (Å²) in [6, 6.07) is 13.9. The molecule has 2 heterocycles. The van der Waals surface area contributed by atoms with Crippen molar-refractivity contribution in [2.75, 3.05) is 37.6 Å². The van der Waals surface area contributed by atoms with E-state index in [9.17, 15) is 4.79 Å². The number of guanidine groups is 1. The SMILES string of the molecule is CCNC(=NCC(=O)N(CC)Cc1ccccc1)NC1CCN(c2ncccc2Cl)C1.I. The van der Waals surface area contributed by atoms with Crippen molar-refractivity contribution in [2.24, 2.45) is 4.99 Å². The van der Waals surface area contributed by atoms with Crippen molar-refractivity contribution in [3.63, 3.8) is 0 Å². The number of pyridine rings is 1. The van der Waals surface area contributed by atoms with Crippen LogP contribution in [0.1, 0.15) is 25.8 Å². The average molecular weight is 571 g/mol. The summed E-state index contributed by atoms with van der Waals surface area (Å²) in [6.07, 6.45) is 2.70. The van der Waals surface area contributed by atoms with Crippen LogP contribution in [0.3, 0.4) is 0 Å². The van der Waals surface area contributed by atoms with Crippen LogP contribution in [-0.4, -0.2) is 60.5 Å². The molecule has 1 unspecified atom stereocenters. The van der Waals surface area contributed by atoms with Gasteiger partial charge in [0, 0.05) is 45.0 Å². The fourth-order valence-corrected chi connectivity index (χ4v) is 3.86. The van der Waals surface area contributed by atoms with Crippen molar-refractivity contribution in [2.45, 2.75) is 32.9 Å². The average Bonchev–Trinajstić information content (AvgIpc) is 3.25. The number of halogens is 2. The lowest BCUT2D eigenvalue weighted by molar-refractivity contribution is -0.130. The Morgan fingerprint density at radius 2 is 2.03 bits per heavy atom. The van der Waals surface area contributed by atoms with Gasteiger partial charge in [0.2, 0.25) is 5.91 Å². The molecule has 7 nitrogen and oxygen atoms in total. The van der Waals surface area contributed by atoms with Gasteiger partial charge in [0.05, 0.1) is 5.02 Å². The molecule has 3 rings (SSSR count). The second-order valence-electron chi connectivity index (χ2n) is 7.47. The summed E-state index contributed by atoms with van der Waals surface area (Å²) in [7, 11) is 0. The molecule has 1 atom stereocenters. The van der Waals surface area contributed by atoms with Crippen LogP contribution in [0.2, 0.25) is 5.02 Å². The molecule has 0 radical (unpaired) electrons. The summed E-state index contributed by atoms with van der Waals surface area (Å²) in [4.78, 5) is 25.7. The van der Waals surface area contributed by atoms with Gasteiger partial charge in [0.25, 0.3) is 0 Å². The number of hydrogen-bond donors (Lipinski definition) is 2. The molecule has 2 aromatic rings. The van der Waals surface area contributed by atoms with Crippen LogP contribution in [0.15, 0.2) is 53.7 Å². The first-order valence-corrected chi connectivity index (χ1v) is 11.2. The Morgan fingerprint density at radius 1 is 1.25 bits per heavy atom. The van der Waals surface area contributed by atoms with Crippen molar-refractivity contribution < 1.29 is 4.79 Å². The van der Waals surface area contributed by atoms with E-state index in [2.05, 4.69) is 25.5 Å². The van der Waals surface area contributed by atoms with Gasteiger partial charge in [-0.3, -0.25) is 4.79 Å². The first kappa shape index (κ1) is 26.2. The third-order valence-corrected chi connectivity index (χ3v) is 5.53. The predicted octanol–water partition coefficient (Wildman–Crippen LogP) is 3.54. The Hall–Kier alpha value is -2.07. The second kappa shape index (κ2) is 13.5. The third-order valence-electron chi connectivity index (χ3n) is 5.24. The third kappa shape index (κ3) is 7.51. The highest BCUT2D eigenvalue weighted by Crippen LogP contribution is 2.25. The van der Waals surface area contributed by atoms with Gasteiger partial charge < -0.3 is 20.4 Å². The van der Waals surface area contributed by atoms with E-state index in [1.54, 1.807) is 6.20 Å². The van der Waals surface area contributed by atoms with E-state index in [4.69, 9.17) is 11.6 Å². The molecule has 32 heavy (non-hydrogen) atoms. The number of nitrogens with one attached hydrogen (secondary N) is 2. The number of hydrogen-bond acceptors (Lipinski definition) is 4. The highest BCUT2D eigenvalue weighted by molar-refractivity contribution is 14.0. The number of nitrogens with zero attached hydrogens (tertiary/aromatic N) is 4. The summed E-state index contributed by atoms with van der Waals surface area (Å²) < 4.78 is 0. The largest absolute Gasteiger partial charge is 0.357 e. The maximum absolute atomic E-state index is 12.7. The number of aliphatic imine (C=N–C) groups is 1. The van der Waals surface area contributed by atoms with E-state index in [1.165, 1.54) is 0 Å². The lowest BCUT2D eigenvalue weighted by Crippen LogP contribution is -2.45. The Balaban J connectivity index is 0.00000363. The summed E-state index contributed by atoms with van der Waals surface area (Å²) in [5.41, 5.74) is 1.12. The number of aromatic nitrogens is 1. The zero-order valence-electron chi connectivity index (χ0n) is 18.6. The Kier molecular flexibility index (Phi) is 11.0. The Bertz CT molecular complexity index is 882. The summed E-state index contributed by atoms with van der Waals surface area (Å²) in [5, 5.41) is 7.36. The van der Waals surface area contributed by atoms with Crippen LogP contribution >= 0.6 is 35.6 Å². The minimum atomic E-state index is 0. The van der Waals surface area contributed by atoms with Gasteiger partial charge in [-0.05, 0) is 38.0 Å². The molecule has 0 bridgehead atoms. The summed E-state index contributed by atoms with van der Waals surface area (Å²) in [6.45, 7) is 7.74. The number of amides is 1. The van der Waals surface area contributed by atoms with Gasteiger partial charge >= 0.3 is 0 Å². The molecule has 1 aliphatic heterocycles. The molecule has 9 heteroatoms. The number of carbonyl (C=O) groups excluding carboxylic acids is 1. The van der Waals surface area contributed by atoms with Gasteiger partial charge in [-0.2, -0.15) is 0 Å². The van der Waals surface area contributed by atoms with E-state index >= 15 is 0 Å². The minimum absolute atomic E-state index is 0. The number of anilines is 1. The molecule has 1 aromatic heterocycles. The summed E-state index contributed by atoms with van der Waals surface area (Å²) in [5.74, 6) is 1.48. The standard InChI is InChI=1S/C23H31ClN6O.HI/c1-3-25-23(27-15-21(31)29(4-2)16-18-9-6-5-7-10-18)28-19-12-14-30(17-19)22-20(24)11-8-13-26-22;/h5-11,13,19H,3-4,12,14-17H2,1-2H3,(H2,25,27,28);1H. The molecule has 1 saturated heterocycles. The van der Waals surface area contributed by atoms with Gasteiger partial charge in [0.1, 0.15) is 12.4 Å². The van der Waals surface area contributed by atoms with Gasteiger partial charge in [-0.15, -0.1) is 24.0 Å². The fourth-order valence-electron chi connectivity index (χ4n) is 3.62. The van der Waals surface area contributed by atoms with Crippen molar-refractivity contribution in [3.8, 4) is 0 Å². The molecular weight excluding hydrogens is 539 g/mol. The van der Waals surface area contributed by atoms with Crippen LogP contribution in [-0.2, 0) is 11.3 Å². The normalized spacial score (nSPS) is 15.8. The van der Waals surface area contributed by atoms with Crippen LogP contribution in [0.5, 0.6) is 0 Å². The highest BCUT2D eigenvalue weighted by Gasteiger charge is 2.25. The van der Waals surface area contributed by atoms with E-state index < -0.39 is 0 Å². The molecular formula is C23H32ClIN6O. The molecule has 174 valence electrons. The van der Waals surface area contributed by atoms with Crippen LogP contribution in [0, 0.1) is 0 Å². The quantitative estimate of drug-likeness (QED) is 0.289. The van der Waals surface area contributed by atoms with E-state index in [0.29, 0.717) is 24.1 Å². The lowest BCUT2D eigenvalue weighted by Gasteiger charge is -2.22. The van der Waals surface area contributed by atoms with E-state index in [1.807, 2.05) is 61.2 Å². The predicted molar refractivity (Wildman–Crippen MR) is 142 cm³/mol. The molecule has 1 aliphatic rings. The number of likely N-dealkylation sites (N-methyl/N-ethyl adjacent to an activating group) is 1. The Morgan fingerprint density at radius 3 is 2.72 bits per heavy atom. The van der Waals surface area contributed by atoms with Crippen molar-refractivity contribution in [3.05, 3.63) is 59.2 Å². The minimum Gasteiger partial charge on any atom is -0.357 e. The maximum Gasteiger partial charge on any atom is 0.244 e. The van der Waals surface area contributed by atoms with E-state index in [-0.39, 0.29) is 42.5 Å². The van der Waals surface area contributed by atoms with E-state index in [0.717, 1.165) is 37.4 Å². The van der Waals surface area contributed by atoms with Crippen molar-refractivity contribution in [1.82, 2.24) is 20.5 Å². The number of benzene rings is 1. The topological polar surface area (TPSA) is 72.9 Å². The molecule has 0 aliphatic carbocycles. The molecule has 1 fully saturated rings. The second-order valence-corrected chi connectivity index (χ2v) is 7.88. The monoisotopic (exact) mass is 570 g/mol. The fraction of sp³-hybridized carbons (Fsp3) is 0.435. The van der Waals surface area contributed by atoms with Gasteiger partial charge in [-0.1, -0.05) is 41.9 Å². The first-order chi connectivity index (χ1) is 15.1. The van der Waals surface area contributed by atoms with Crippen molar-refractivity contribution in [1.29, 1.82) is 0 Å². The number of carbonyl (C=O) groups is 1. The zero-order chi connectivity index (χ0) is 22.1. The molecule has 1 aromatic carbocycles. The molecule has 1 amide bonds. The smallest absolute Gasteiger partial charge is 0.244 e. The van der Waals surface area contributed by atoms with Crippen LogP contribution in [0.25, 0.3) is 0 Å². The highest BCUT2D eigenvalue weighted by atomic mass is 127. The van der Waals surface area contributed by atoms with Gasteiger partial charge in [0.15, 0.2) is 5.96 Å². The zero-order valence-corrected chi connectivity index (χ0v) is 21.7. The summed E-state index contributed by atoms with van der Waals surface area (Å²) >= 11 is 6.29.